The molecule has 2 rings (SSSR count). The molecule has 4 heteroatoms. The Morgan fingerprint density at radius 1 is 1.25 bits per heavy atom. The van der Waals surface area contributed by atoms with Crippen LogP contribution < -0.4 is 0 Å². The Morgan fingerprint density at radius 2 is 2.00 bits per heavy atom. The van der Waals surface area contributed by atoms with Gasteiger partial charge in [-0.2, -0.15) is 0 Å². The minimum atomic E-state index is -0.997. The number of hydrogen-bond acceptors (Lipinski definition) is 3. The van der Waals surface area contributed by atoms with Crippen LogP contribution in [0.1, 0.15) is 27.6 Å². The number of carbonyl (C=O) groups excluding carboxylic acids is 1. The molecule has 0 unspecified atom stereocenters. The van der Waals surface area contributed by atoms with Crippen LogP contribution in [0.4, 0.5) is 0 Å². The Labute approximate surface area is 91.5 Å². The molecule has 0 aliphatic carbocycles. The standard InChI is InChI=1S/C12H9NO3/c1-7(14)8-2-3-9-10(12(15)16)4-5-13-11(9)6-8/h2-6H,1H3,(H,15,16). The van der Waals surface area contributed by atoms with Crippen LogP contribution in [0.5, 0.6) is 0 Å². The molecule has 1 N–H and O–H groups in total. The largest absolute Gasteiger partial charge is 0.478 e. The van der Waals surface area contributed by atoms with Crippen molar-refractivity contribution < 1.29 is 14.7 Å². The van der Waals surface area contributed by atoms with Gasteiger partial charge in [-0.25, -0.2) is 4.79 Å². The predicted octanol–water partition coefficient (Wildman–Crippen LogP) is 2.14. The molecule has 0 aliphatic heterocycles. The first-order valence-corrected chi connectivity index (χ1v) is 4.72. The molecule has 16 heavy (non-hydrogen) atoms. The zero-order chi connectivity index (χ0) is 11.7. The molecule has 0 spiro atoms. The molecular weight excluding hydrogens is 206 g/mol. The maximum absolute atomic E-state index is 11.2. The molecule has 0 radical (unpaired) electrons. The summed E-state index contributed by atoms with van der Waals surface area (Å²) < 4.78 is 0. The first-order chi connectivity index (χ1) is 7.59. The van der Waals surface area contributed by atoms with Gasteiger partial charge >= 0.3 is 5.97 Å². The summed E-state index contributed by atoms with van der Waals surface area (Å²) in [5, 5.41) is 9.51. The van der Waals surface area contributed by atoms with Crippen LogP contribution >= 0.6 is 0 Å². The molecule has 0 atom stereocenters. The molecular formula is C12H9NO3. The van der Waals surface area contributed by atoms with E-state index < -0.39 is 5.97 Å². The van der Waals surface area contributed by atoms with E-state index in [-0.39, 0.29) is 11.3 Å². The van der Waals surface area contributed by atoms with E-state index in [1.807, 2.05) is 0 Å². The van der Waals surface area contributed by atoms with Gasteiger partial charge in [0.15, 0.2) is 5.78 Å². The summed E-state index contributed by atoms with van der Waals surface area (Å²) in [6.45, 7) is 1.46. The predicted molar refractivity (Wildman–Crippen MR) is 58.7 cm³/mol. The van der Waals surface area contributed by atoms with Gasteiger partial charge in [0, 0.05) is 17.1 Å². The van der Waals surface area contributed by atoms with Gasteiger partial charge in [0.2, 0.25) is 0 Å². The lowest BCUT2D eigenvalue weighted by Gasteiger charge is -2.02. The van der Waals surface area contributed by atoms with Crippen LogP contribution in [-0.2, 0) is 0 Å². The number of hydrogen-bond donors (Lipinski definition) is 1. The smallest absolute Gasteiger partial charge is 0.336 e. The maximum Gasteiger partial charge on any atom is 0.336 e. The zero-order valence-electron chi connectivity index (χ0n) is 8.60. The average Bonchev–Trinajstić information content (AvgIpc) is 2.27. The minimum absolute atomic E-state index is 0.0653. The lowest BCUT2D eigenvalue weighted by atomic mass is 10.1. The minimum Gasteiger partial charge on any atom is -0.478 e. The van der Waals surface area contributed by atoms with E-state index in [2.05, 4.69) is 4.98 Å². The molecule has 1 aromatic heterocycles. The van der Waals surface area contributed by atoms with E-state index >= 15 is 0 Å². The van der Waals surface area contributed by atoms with Crippen LogP contribution in [0.2, 0.25) is 0 Å². The Balaban J connectivity index is 2.73. The van der Waals surface area contributed by atoms with Crippen molar-refractivity contribution in [3.05, 3.63) is 41.6 Å². The van der Waals surface area contributed by atoms with Gasteiger partial charge in [-0.05, 0) is 19.1 Å². The third-order valence-electron chi connectivity index (χ3n) is 2.38. The molecule has 0 fully saturated rings. The highest BCUT2D eigenvalue weighted by Crippen LogP contribution is 2.18. The number of carbonyl (C=O) groups is 2. The fourth-order valence-electron chi connectivity index (χ4n) is 1.55. The number of aromatic nitrogens is 1. The van der Waals surface area contributed by atoms with Crippen molar-refractivity contribution in [3.8, 4) is 0 Å². The van der Waals surface area contributed by atoms with Crippen molar-refractivity contribution in [3.63, 3.8) is 0 Å². The van der Waals surface area contributed by atoms with E-state index in [0.29, 0.717) is 16.5 Å². The van der Waals surface area contributed by atoms with Crippen molar-refractivity contribution >= 4 is 22.7 Å². The van der Waals surface area contributed by atoms with Gasteiger partial charge < -0.3 is 5.11 Å². The first kappa shape index (κ1) is 10.3. The van der Waals surface area contributed by atoms with Crippen molar-refractivity contribution in [1.82, 2.24) is 4.98 Å². The summed E-state index contributed by atoms with van der Waals surface area (Å²) >= 11 is 0. The van der Waals surface area contributed by atoms with E-state index in [1.54, 1.807) is 18.2 Å². The number of fused-ring (bicyclic) bond motifs is 1. The second-order valence-corrected chi connectivity index (χ2v) is 3.45. The SMILES string of the molecule is CC(=O)c1ccc2c(C(=O)O)ccnc2c1. The molecule has 80 valence electrons. The fourth-order valence-corrected chi connectivity index (χ4v) is 1.55. The Kier molecular flexibility index (Phi) is 2.40. The number of pyridine rings is 1. The number of benzene rings is 1. The van der Waals surface area contributed by atoms with E-state index in [1.165, 1.54) is 19.2 Å². The molecule has 4 nitrogen and oxygen atoms in total. The van der Waals surface area contributed by atoms with Crippen LogP contribution in [0, 0.1) is 0 Å². The Morgan fingerprint density at radius 3 is 2.62 bits per heavy atom. The molecule has 0 aliphatic rings. The molecule has 0 saturated carbocycles. The second-order valence-electron chi connectivity index (χ2n) is 3.45. The molecule has 1 heterocycles. The number of nitrogens with zero attached hydrogens (tertiary/aromatic N) is 1. The number of ketones is 1. The van der Waals surface area contributed by atoms with Gasteiger partial charge in [-0.15, -0.1) is 0 Å². The normalized spacial score (nSPS) is 10.3. The van der Waals surface area contributed by atoms with E-state index in [0.717, 1.165) is 0 Å². The third kappa shape index (κ3) is 1.65. The summed E-state index contributed by atoms with van der Waals surface area (Å²) in [6.07, 6.45) is 1.43. The first-order valence-electron chi connectivity index (χ1n) is 4.72. The van der Waals surface area contributed by atoms with E-state index in [9.17, 15) is 9.59 Å². The Bertz CT molecular complexity index is 590. The number of carboxylic acid groups (broad SMARTS) is 1. The summed E-state index contributed by atoms with van der Waals surface area (Å²) in [5.41, 5.74) is 1.25. The average molecular weight is 215 g/mol. The topological polar surface area (TPSA) is 67.3 Å². The lowest BCUT2D eigenvalue weighted by Crippen LogP contribution is -1.99. The summed E-state index contributed by atoms with van der Waals surface area (Å²) in [5.74, 6) is -1.06. The van der Waals surface area contributed by atoms with Crippen molar-refractivity contribution in [2.24, 2.45) is 0 Å². The molecule has 0 bridgehead atoms. The fraction of sp³-hybridized carbons (Fsp3) is 0.0833. The van der Waals surface area contributed by atoms with Crippen LogP contribution in [0.25, 0.3) is 10.9 Å². The molecule has 2 aromatic rings. The van der Waals surface area contributed by atoms with Crippen LogP contribution in [0.3, 0.4) is 0 Å². The number of aromatic carboxylic acids is 1. The van der Waals surface area contributed by atoms with Gasteiger partial charge in [0.1, 0.15) is 0 Å². The summed E-state index contributed by atoms with van der Waals surface area (Å²) in [7, 11) is 0. The monoisotopic (exact) mass is 215 g/mol. The zero-order valence-corrected chi connectivity index (χ0v) is 8.60. The van der Waals surface area contributed by atoms with Crippen LogP contribution in [0.15, 0.2) is 30.5 Å². The highest BCUT2D eigenvalue weighted by Gasteiger charge is 2.09. The Hall–Kier alpha value is -2.23. The highest BCUT2D eigenvalue weighted by molar-refractivity contribution is 6.04. The van der Waals surface area contributed by atoms with Crippen molar-refractivity contribution in [2.45, 2.75) is 6.92 Å². The van der Waals surface area contributed by atoms with Gasteiger partial charge in [0.25, 0.3) is 0 Å². The molecule has 0 amide bonds. The number of rotatable bonds is 2. The summed E-state index contributed by atoms with van der Waals surface area (Å²) in [4.78, 5) is 26.2. The molecule has 1 aromatic carbocycles. The quantitative estimate of drug-likeness (QED) is 0.779. The highest BCUT2D eigenvalue weighted by atomic mass is 16.4. The molecule has 0 saturated heterocycles. The van der Waals surface area contributed by atoms with Gasteiger partial charge in [-0.3, -0.25) is 9.78 Å². The summed E-state index contributed by atoms with van der Waals surface area (Å²) in [6, 6.07) is 6.27. The maximum atomic E-state index is 11.2. The van der Waals surface area contributed by atoms with E-state index in [4.69, 9.17) is 5.11 Å². The number of Topliss-reactive ketones (excluding diaryl/α,β-unsaturated/α-hetero) is 1. The van der Waals surface area contributed by atoms with Gasteiger partial charge in [0.05, 0.1) is 11.1 Å². The second kappa shape index (κ2) is 3.73. The van der Waals surface area contributed by atoms with Crippen LogP contribution in [-0.4, -0.2) is 21.8 Å². The lowest BCUT2D eigenvalue weighted by molar-refractivity contribution is 0.0698. The van der Waals surface area contributed by atoms with Crippen molar-refractivity contribution in [2.75, 3.05) is 0 Å². The third-order valence-corrected chi connectivity index (χ3v) is 2.38. The number of carboxylic acids is 1. The van der Waals surface area contributed by atoms with Crippen molar-refractivity contribution in [1.29, 1.82) is 0 Å². The van der Waals surface area contributed by atoms with Gasteiger partial charge in [-0.1, -0.05) is 12.1 Å².